The molecule has 1 heterocycles. The molecular formula is C19H18FN3O3S. The second-order valence-corrected chi connectivity index (χ2v) is 6.54. The van der Waals surface area contributed by atoms with Crippen LogP contribution in [0.15, 0.2) is 58.2 Å². The fourth-order valence-electron chi connectivity index (χ4n) is 2.29. The van der Waals surface area contributed by atoms with Crippen LogP contribution in [-0.2, 0) is 11.2 Å². The van der Waals surface area contributed by atoms with E-state index in [0.29, 0.717) is 24.1 Å². The minimum Gasteiger partial charge on any atom is -0.497 e. The summed E-state index contributed by atoms with van der Waals surface area (Å²) in [5.41, 5.74) is 1.74. The molecule has 0 unspecified atom stereocenters. The Balaban J connectivity index is 1.43. The number of thioether (sulfide) groups is 1. The van der Waals surface area contributed by atoms with E-state index in [1.165, 1.54) is 23.9 Å². The monoisotopic (exact) mass is 387 g/mol. The maximum Gasteiger partial charge on any atom is 0.277 e. The number of methoxy groups -OCH3 is 1. The highest BCUT2D eigenvalue weighted by Crippen LogP contribution is 2.24. The van der Waals surface area contributed by atoms with Crippen LogP contribution in [0.25, 0.3) is 11.5 Å². The third-order valence-electron chi connectivity index (χ3n) is 3.72. The summed E-state index contributed by atoms with van der Waals surface area (Å²) in [5, 5.41) is 11.1. The molecule has 0 bridgehead atoms. The summed E-state index contributed by atoms with van der Waals surface area (Å²) >= 11 is 1.17. The molecule has 140 valence electrons. The van der Waals surface area contributed by atoms with Crippen LogP contribution in [0.2, 0.25) is 0 Å². The molecule has 8 heteroatoms. The van der Waals surface area contributed by atoms with Gasteiger partial charge < -0.3 is 14.5 Å². The topological polar surface area (TPSA) is 77.2 Å². The summed E-state index contributed by atoms with van der Waals surface area (Å²) < 4.78 is 23.5. The maximum atomic E-state index is 12.8. The van der Waals surface area contributed by atoms with E-state index in [1.807, 2.05) is 12.1 Å². The van der Waals surface area contributed by atoms with Crippen molar-refractivity contribution < 1.29 is 18.3 Å². The van der Waals surface area contributed by atoms with Crippen LogP contribution in [0.3, 0.4) is 0 Å². The molecule has 1 aromatic heterocycles. The van der Waals surface area contributed by atoms with Crippen molar-refractivity contribution in [3.05, 3.63) is 59.9 Å². The number of nitrogens with one attached hydrogen (secondary N) is 1. The van der Waals surface area contributed by atoms with Crippen LogP contribution >= 0.6 is 11.8 Å². The van der Waals surface area contributed by atoms with Gasteiger partial charge in [0.1, 0.15) is 11.6 Å². The summed E-state index contributed by atoms with van der Waals surface area (Å²) in [6, 6.07) is 13.5. The predicted octanol–water partition coefficient (Wildman–Crippen LogP) is 3.34. The minimum atomic E-state index is -0.271. The van der Waals surface area contributed by atoms with Crippen LogP contribution in [0, 0.1) is 5.82 Å². The molecule has 6 nitrogen and oxygen atoms in total. The minimum absolute atomic E-state index is 0.133. The molecular weight excluding hydrogens is 369 g/mol. The Morgan fingerprint density at radius 3 is 2.59 bits per heavy atom. The average Bonchev–Trinajstić information content (AvgIpc) is 3.17. The van der Waals surface area contributed by atoms with Gasteiger partial charge in [-0.15, -0.1) is 10.2 Å². The second-order valence-electron chi connectivity index (χ2n) is 5.62. The Morgan fingerprint density at radius 1 is 1.15 bits per heavy atom. The van der Waals surface area contributed by atoms with Crippen molar-refractivity contribution in [2.24, 2.45) is 0 Å². The number of rotatable bonds is 8. The number of ether oxygens (including phenoxy) is 1. The molecule has 0 aliphatic carbocycles. The number of hydrogen-bond acceptors (Lipinski definition) is 6. The highest BCUT2D eigenvalue weighted by Gasteiger charge is 2.11. The van der Waals surface area contributed by atoms with E-state index in [0.717, 1.165) is 16.9 Å². The lowest BCUT2D eigenvalue weighted by molar-refractivity contribution is -0.118. The van der Waals surface area contributed by atoms with Gasteiger partial charge in [-0.05, 0) is 48.4 Å². The third kappa shape index (κ3) is 5.55. The number of benzene rings is 2. The summed E-state index contributed by atoms with van der Waals surface area (Å²) in [6.45, 7) is 0.478. The number of hydrogen-bond donors (Lipinski definition) is 1. The smallest absolute Gasteiger partial charge is 0.277 e. The van der Waals surface area contributed by atoms with E-state index in [9.17, 15) is 9.18 Å². The van der Waals surface area contributed by atoms with Gasteiger partial charge in [0.25, 0.3) is 5.22 Å². The van der Waals surface area contributed by atoms with E-state index >= 15 is 0 Å². The van der Waals surface area contributed by atoms with E-state index in [4.69, 9.17) is 9.15 Å². The molecule has 0 aliphatic rings. The second kappa shape index (κ2) is 9.18. The molecule has 0 fully saturated rings. The molecule has 0 radical (unpaired) electrons. The first kappa shape index (κ1) is 18.9. The molecule has 0 saturated carbocycles. The van der Waals surface area contributed by atoms with Crippen molar-refractivity contribution in [2.45, 2.75) is 11.6 Å². The van der Waals surface area contributed by atoms with E-state index in [-0.39, 0.29) is 17.5 Å². The van der Waals surface area contributed by atoms with Crippen LogP contribution in [0.5, 0.6) is 5.75 Å². The van der Waals surface area contributed by atoms with Crippen molar-refractivity contribution in [1.82, 2.24) is 15.5 Å². The summed E-state index contributed by atoms with van der Waals surface area (Å²) in [4.78, 5) is 11.9. The van der Waals surface area contributed by atoms with Crippen molar-refractivity contribution in [2.75, 3.05) is 19.4 Å². The zero-order chi connectivity index (χ0) is 19.1. The predicted molar refractivity (Wildman–Crippen MR) is 100 cm³/mol. The maximum absolute atomic E-state index is 12.8. The van der Waals surface area contributed by atoms with Gasteiger partial charge in [0.2, 0.25) is 11.8 Å². The van der Waals surface area contributed by atoms with Gasteiger partial charge in [0.15, 0.2) is 0 Å². The number of aromatic nitrogens is 2. The first-order valence-electron chi connectivity index (χ1n) is 8.26. The number of carbonyl (C=O) groups excluding carboxylic acids is 1. The highest BCUT2D eigenvalue weighted by molar-refractivity contribution is 7.99. The Bertz CT molecular complexity index is 882. The van der Waals surface area contributed by atoms with Gasteiger partial charge in [0, 0.05) is 12.1 Å². The number of halogens is 1. The standard InChI is InChI=1S/C19H18FN3O3S/c1-25-16-8-4-14(5-9-16)18-22-23-19(26-18)27-12-17(24)21-11-10-13-2-6-15(20)7-3-13/h2-9H,10-12H2,1H3,(H,21,24). The molecule has 0 atom stereocenters. The molecule has 3 rings (SSSR count). The Morgan fingerprint density at radius 2 is 1.89 bits per heavy atom. The summed E-state index contributed by atoms with van der Waals surface area (Å²) in [6.07, 6.45) is 0.638. The quantitative estimate of drug-likeness (QED) is 0.598. The van der Waals surface area contributed by atoms with Crippen LogP contribution in [0.1, 0.15) is 5.56 Å². The lowest BCUT2D eigenvalue weighted by Crippen LogP contribution is -2.27. The summed E-state index contributed by atoms with van der Waals surface area (Å²) in [7, 11) is 1.60. The molecule has 0 spiro atoms. The fourth-order valence-corrected chi connectivity index (χ4v) is 2.89. The van der Waals surface area contributed by atoms with Crippen LogP contribution in [-0.4, -0.2) is 35.5 Å². The van der Waals surface area contributed by atoms with E-state index < -0.39 is 0 Å². The third-order valence-corrected chi connectivity index (χ3v) is 4.54. The van der Waals surface area contributed by atoms with Gasteiger partial charge >= 0.3 is 0 Å². The highest BCUT2D eigenvalue weighted by atomic mass is 32.2. The van der Waals surface area contributed by atoms with Crippen LogP contribution < -0.4 is 10.1 Å². The Kier molecular flexibility index (Phi) is 6.43. The van der Waals surface area contributed by atoms with Gasteiger partial charge in [-0.3, -0.25) is 4.79 Å². The van der Waals surface area contributed by atoms with E-state index in [1.54, 1.807) is 31.4 Å². The van der Waals surface area contributed by atoms with Crippen molar-refractivity contribution >= 4 is 17.7 Å². The van der Waals surface area contributed by atoms with Crippen molar-refractivity contribution in [3.8, 4) is 17.2 Å². The van der Waals surface area contributed by atoms with Gasteiger partial charge in [-0.25, -0.2) is 4.39 Å². The lowest BCUT2D eigenvalue weighted by Gasteiger charge is -2.04. The SMILES string of the molecule is COc1ccc(-c2nnc(SCC(=O)NCCc3ccc(F)cc3)o2)cc1. The molecule has 3 aromatic rings. The van der Waals surface area contributed by atoms with E-state index in [2.05, 4.69) is 15.5 Å². The fraction of sp³-hybridized carbons (Fsp3) is 0.211. The largest absolute Gasteiger partial charge is 0.497 e. The number of carbonyl (C=O) groups is 1. The zero-order valence-electron chi connectivity index (χ0n) is 14.6. The first-order chi connectivity index (χ1) is 13.1. The summed E-state index contributed by atoms with van der Waals surface area (Å²) in [5.74, 6) is 0.898. The molecule has 1 amide bonds. The molecule has 27 heavy (non-hydrogen) atoms. The normalized spacial score (nSPS) is 10.6. The Labute approximate surface area is 160 Å². The zero-order valence-corrected chi connectivity index (χ0v) is 15.5. The Hall–Kier alpha value is -2.87. The molecule has 0 saturated heterocycles. The van der Waals surface area contributed by atoms with Crippen molar-refractivity contribution in [1.29, 1.82) is 0 Å². The van der Waals surface area contributed by atoms with Gasteiger partial charge in [-0.1, -0.05) is 23.9 Å². The molecule has 1 N–H and O–H groups in total. The van der Waals surface area contributed by atoms with Crippen molar-refractivity contribution in [3.63, 3.8) is 0 Å². The van der Waals surface area contributed by atoms with Gasteiger partial charge in [-0.2, -0.15) is 0 Å². The lowest BCUT2D eigenvalue weighted by atomic mass is 10.1. The number of amides is 1. The average molecular weight is 387 g/mol. The molecule has 0 aliphatic heterocycles. The van der Waals surface area contributed by atoms with Crippen LogP contribution in [0.4, 0.5) is 4.39 Å². The first-order valence-corrected chi connectivity index (χ1v) is 9.24. The van der Waals surface area contributed by atoms with Gasteiger partial charge in [0.05, 0.1) is 12.9 Å². The number of nitrogens with zero attached hydrogens (tertiary/aromatic N) is 2. The molecule has 2 aromatic carbocycles.